The van der Waals surface area contributed by atoms with Gasteiger partial charge in [-0.25, -0.2) is 0 Å². The predicted octanol–water partition coefficient (Wildman–Crippen LogP) is 4.57. The van der Waals surface area contributed by atoms with E-state index in [9.17, 15) is 4.79 Å². The van der Waals surface area contributed by atoms with Crippen LogP contribution in [0.2, 0.25) is 10.0 Å². The third kappa shape index (κ3) is 3.34. The number of amides is 1. The van der Waals surface area contributed by atoms with Gasteiger partial charge in [-0.05, 0) is 53.2 Å². The van der Waals surface area contributed by atoms with E-state index in [-0.39, 0.29) is 0 Å². The van der Waals surface area contributed by atoms with Crippen molar-refractivity contribution < 1.29 is 4.79 Å². The van der Waals surface area contributed by atoms with Gasteiger partial charge in [0.1, 0.15) is 5.54 Å². The summed E-state index contributed by atoms with van der Waals surface area (Å²) in [4.78, 5) is 12.0. The van der Waals surface area contributed by atoms with Crippen molar-refractivity contribution in [2.24, 2.45) is 5.73 Å². The van der Waals surface area contributed by atoms with Gasteiger partial charge < -0.3 is 11.1 Å². The summed E-state index contributed by atoms with van der Waals surface area (Å²) in [6.45, 7) is 1.67. The molecule has 3 nitrogen and oxygen atoms in total. The van der Waals surface area contributed by atoms with Crippen molar-refractivity contribution in [3.8, 4) is 0 Å². The highest BCUT2D eigenvalue weighted by Crippen LogP contribution is 2.35. The van der Waals surface area contributed by atoms with Gasteiger partial charge in [-0.3, -0.25) is 4.79 Å². The first-order valence-electron chi connectivity index (χ1n) is 6.13. The van der Waals surface area contributed by atoms with Crippen molar-refractivity contribution in [3.63, 3.8) is 0 Å². The number of para-hydroxylation sites is 1. The van der Waals surface area contributed by atoms with Crippen LogP contribution < -0.4 is 11.1 Å². The molecule has 6 heteroatoms. The number of nitrogens with one attached hydrogen (secondary N) is 1. The molecule has 2 aromatic carbocycles. The van der Waals surface area contributed by atoms with Gasteiger partial charge in [-0.2, -0.15) is 0 Å². The molecule has 0 aromatic heterocycles. The van der Waals surface area contributed by atoms with Crippen molar-refractivity contribution in [1.82, 2.24) is 0 Å². The second kappa shape index (κ2) is 6.26. The maximum atomic E-state index is 12.0. The molecule has 2 rings (SSSR count). The Kier molecular flexibility index (Phi) is 4.81. The second-order valence-electron chi connectivity index (χ2n) is 4.72. The fourth-order valence-corrected chi connectivity index (χ4v) is 2.84. The minimum Gasteiger partial charge on any atom is -0.367 e. The number of benzene rings is 2. The van der Waals surface area contributed by atoms with Crippen molar-refractivity contribution in [3.05, 3.63) is 62.5 Å². The minimum atomic E-state index is -1.19. The molecule has 0 spiro atoms. The summed E-state index contributed by atoms with van der Waals surface area (Å²) in [7, 11) is 0. The summed E-state index contributed by atoms with van der Waals surface area (Å²) in [6, 6.07) is 12.4. The molecule has 0 bridgehead atoms. The number of anilines is 1. The van der Waals surface area contributed by atoms with Crippen molar-refractivity contribution in [1.29, 1.82) is 0 Å². The summed E-state index contributed by atoms with van der Waals surface area (Å²) in [5, 5.41) is 4.04. The Labute approximate surface area is 141 Å². The van der Waals surface area contributed by atoms with Crippen molar-refractivity contribution in [2.45, 2.75) is 12.5 Å². The largest absolute Gasteiger partial charge is 0.367 e. The molecule has 1 unspecified atom stereocenters. The number of nitrogens with two attached hydrogens (primary N) is 1. The Morgan fingerprint density at radius 3 is 2.52 bits per heavy atom. The molecular formula is C15H13BrCl2N2O. The summed E-state index contributed by atoms with van der Waals surface area (Å²) < 4.78 is 0.815. The molecular weight excluding hydrogens is 375 g/mol. The number of hydrogen-bond donors (Lipinski definition) is 2. The van der Waals surface area contributed by atoms with E-state index in [1.165, 1.54) is 0 Å². The molecule has 0 aliphatic heterocycles. The molecule has 0 fully saturated rings. The molecule has 0 heterocycles. The second-order valence-corrected chi connectivity index (χ2v) is 6.42. The van der Waals surface area contributed by atoms with Crippen LogP contribution in [0.25, 0.3) is 0 Å². The Hall–Kier alpha value is -1.23. The Balaban J connectivity index is 2.53. The third-order valence-electron chi connectivity index (χ3n) is 3.22. The predicted molar refractivity (Wildman–Crippen MR) is 90.8 cm³/mol. The van der Waals surface area contributed by atoms with Gasteiger partial charge in [0, 0.05) is 25.8 Å². The molecule has 1 atom stereocenters. The van der Waals surface area contributed by atoms with Gasteiger partial charge in [0.05, 0.1) is 0 Å². The summed E-state index contributed by atoms with van der Waals surface area (Å²) >= 11 is 15.7. The van der Waals surface area contributed by atoms with Crippen LogP contribution in [0.1, 0.15) is 12.5 Å². The van der Waals surface area contributed by atoms with E-state index in [4.69, 9.17) is 28.9 Å². The van der Waals surface area contributed by atoms with Crippen LogP contribution >= 0.6 is 39.1 Å². The SMILES string of the molecule is CC(Nc1ccccc1Br)(C(N)=O)c1cc(Cl)ccc1Cl. The van der Waals surface area contributed by atoms with E-state index >= 15 is 0 Å². The minimum absolute atomic E-state index is 0.417. The maximum Gasteiger partial charge on any atom is 0.247 e. The van der Waals surface area contributed by atoms with E-state index in [0.717, 1.165) is 10.2 Å². The first kappa shape index (κ1) is 16.1. The molecule has 0 saturated carbocycles. The van der Waals surface area contributed by atoms with E-state index in [2.05, 4.69) is 21.2 Å². The van der Waals surface area contributed by atoms with E-state index < -0.39 is 11.4 Å². The highest BCUT2D eigenvalue weighted by Gasteiger charge is 2.35. The lowest BCUT2D eigenvalue weighted by molar-refractivity contribution is -0.122. The number of carbonyl (C=O) groups excluding carboxylic acids is 1. The maximum absolute atomic E-state index is 12.0. The molecule has 21 heavy (non-hydrogen) atoms. The quantitative estimate of drug-likeness (QED) is 0.807. The third-order valence-corrected chi connectivity index (χ3v) is 4.47. The smallest absolute Gasteiger partial charge is 0.247 e. The van der Waals surface area contributed by atoms with Crippen molar-refractivity contribution >= 4 is 50.7 Å². The van der Waals surface area contributed by atoms with Gasteiger partial charge in [0.15, 0.2) is 0 Å². The lowest BCUT2D eigenvalue weighted by Gasteiger charge is -2.30. The van der Waals surface area contributed by atoms with E-state index in [1.807, 2.05) is 24.3 Å². The summed E-state index contributed by atoms with van der Waals surface area (Å²) in [5.41, 5.74) is 5.67. The number of carbonyl (C=O) groups is 1. The standard InChI is InChI=1S/C15H13BrCl2N2O/c1-15(14(19)21,10-8-9(17)6-7-12(10)18)20-13-5-3-2-4-11(13)16/h2-8,20H,1H3,(H2,19,21). The molecule has 1 amide bonds. The summed E-state index contributed by atoms with van der Waals surface area (Å²) in [6.07, 6.45) is 0. The Morgan fingerprint density at radius 2 is 1.90 bits per heavy atom. The van der Waals surface area contributed by atoms with E-state index in [1.54, 1.807) is 25.1 Å². The summed E-state index contributed by atoms with van der Waals surface area (Å²) in [5.74, 6) is -0.553. The van der Waals surface area contributed by atoms with Gasteiger partial charge in [-0.1, -0.05) is 35.3 Å². The average molecular weight is 388 g/mol. The van der Waals surface area contributed by atoms with Crippen LogP contribution in [0, 0.1) is 0 Å². The number of primary amides is 1. The zero-order valence-corrected chi connectivity index (χ0v) is 14.3. The fraction of sp³-hybridized carbons (Fsp3) is 0.133. The van der Waals surface area contributed by atoms with Crippen molar-refractivity contribution in [2.75, 3.05) is 5.32 Å². The molecule has 110 valence electrons. The number of rotatable bonds is 4. The van der Waals surface area contributed by atoms with Gasteiger partial charge in [0.2, 0.25) is 5.91 Å². The first-order valence-corrected chi connectivity index (χ1v) is 7.67. The normalized spacial score (nSPS) is 13.5. The lowest BCUT2D eigenvalue weighted by atomic mass is 9.90. The average Bonchev–Trinajstić information content (AvgIpc) is 2.43. The van der Waals surface area contributed by atoms with E-state index in [0.29, 0.717) is 15.6 Å². The van der Waals surface area contributed by atoms with Gasteiger partial charge >= 0.3 is 0 Å². The molecule has 3 N–H and O–H groups in total. The van der Waals surface area contributed by atoms with Gasteiger partial charge in [0.25, 0.3) is 0 Å². The molecule has 0 aliphatic rings. The highest BCUT2D eigenvalue weighted by atomic mass is 79.9. The lowest BCUT2D eigenvalue weighted by Crippen LogP contribution is -2.45. The van der Waals surface area contributed by atoms with Gasteiger partial charge in [-0.15, -0.1) is 0 Å². The van der Waals surface area contributed by atoms with Crippen LogP contribution in [0.15, 0.2) is 46.9 Å². The van der Waals surface area contributed by atoms with Crippen LogP contribution in [0.5, 0.6) is 0 Å². The number of halogens is 3. The van der Waals surface area contributed by atoms with Crippen LogP contribution in [-0.2, 0) is 10.3 Å². The Bertz CT molecular complexity index is 693. The zero-order valence-electron chi connectivity index (χ0n) is 11.2. The van der Waals surface area contributed by atoms with Crippen LogP contribution in [0.4, 0.5) is 5.69 Å². The number of hydrogen-bond acceptors (Lipinski definition) is 2. The fourth-order valence-electron chi connectivity index (χ4n) is 1.97. The van der Waals surface area contributed by atoms with Crippen LogP contribution in [-0.4, -0.2) is 5.91 Å². The zero-order chi connectivity index (χ0) is 15.6. The topological polar surface area (TPSA) is 55.1 Å². The molecule has 0 radical (unpaired) electrons. The first-order chi connectivity index (χ1) is 9.84. The van der Waals surface area contributed by atoms with Crippen LogP contribution in [0.3, 0.4) is 0 Å². The highest BCUT2D eigenvalue weighted by molar-refractivity contribution is 9.10. The Morgan fingerprint density at radius 1 is 1.24 bits per heavy atom. The molecule has 0 saturated heterocycles. The molecule has 0 aliphatic carbocycles. The molecule has 2 aromatic rings. The monoisotopic (exact) mass is 386 g/mol.